The number of carbonyl (C=O) groups excluding carboxylic acids is 1. The average molecular weight is 408 g/mol. The second-order valence-electron chi connectivity index (χ2n) is 7.01. The van der Waals surface area contributed by atoms with E-state index in [1.807, 2.05) is 30.3 Å². The van der Waals surface area contributed by atoms with Crippen molar-refractivity contribution in [1.82, 2.24) is 25.3 Å². The lowest BCUT2D eigenvalue weighted by Crippen LogP contribution is -2.26. The van der Waals surface area contributed by atoms with E-state index < -0.39 is 0 Å². The molecule has 1 aliphatic carbocycles. The molecule has 1 aliphatic rings. The third kappa shape index (κ3) is 4.38. The molecule has 148 valence electrons. The Morgan fingerprint density at radius 1 is 1.17 bits per heavy atom. The zero-order valence-electron chi connectivity index (χ0n) is 16.0. The highest BCUT2D eigenvalue weighted by atomic mass is 35.5. The Hall–Kier alpha value is -2.99. The number of aromatic nitrogens is 4. The lowest BCUT2D eigenvalue weighted by molar-refractivity contribution is 0.0949. The maximum absolute atomic E-state index is 12.9. The minimum Gasteiger partial charge on any atom is -0.350 e. The number of para-hydroxylation sites is 1. The Morgan fingerprint density at radius 2 is 2.07 bits per heavy atom. The summed E-state index contributed by atoms with van der Waals surface area (Å²) >= 11 is 6.37. The number of benzene rings is 1. The Labute approximate surface area is 174 Å². The van der Waals surface area contributed by atoms with Gasteiger partial charge in [-0.3, -0.25) is 9.78 Å². The number of halogens is 1. The van der Waals surface area contributed by atoms with Crippen molar-refractivity contribution in [3.05, 3.63) is 71.2 Å². The monoisotopic (exact) mass is 407 g/mol. The Kier molecular flexibility index (Phi) is 6.00. The van der Waals surface area contributed by atoms with E-state index in [0.29, 0.717) is 22.9 Å². The first-order valence-corrected chi connectivity index (χ1v) is 10.2. The van der Waals surface area contributed by atoms with Crippen molar-refractivity contribution in [2.24, 2.45) is 0 Å². The molecule has 0 fully saturated rings. The molecule has 1 amide bonds. The van der Waals surface area contributed by atoms with Gasteiger partial charge in [0.15, 0.2) is 5.69 Å². The van der Waals surface area contributed by atoms with Crippen LogP contribution in [0.2, 0.25) is 5.02 Å². The number of carbonyl (C=O) groups is 1. The van der Waals surface area contributed by atoms with E-state index in [-0.39, 0.29) is 11.6 Å². The molecular formula is C22H22ClN5O. The molecule has 0 atom stereocenters. The lowest BCUT2D eigenvalue weighted by Gasteiger charge is -2.13. The fourth-order valence-electron chi connectivity index (χ4n) is 3.54. The smallest absolute Gasteiger partial charge is 0.274 e. The maximum atomic E-state index is 12.9. The van der Waals surface area contributed by atoms with Gasteiger partial charge in [-0.25, -0.2) is 4.68 Å². The van der Waals surface area contributed by atoms with Crippen molar-refractivity contribution in [2.45, 2.75) is 32.1 Å². The van der Waals surface area contributed by atoms with E-state index >= 15 is 0 Å². The van der Waals surface area contributed by atoms with Crippen LogP contribution in [-0.2, 0) is 0 Å². The minimum atomic E-state index is -0.251. The number of hydrogen-bond donors (Lipinski definition) is 1. The number of rotatable bonds is 6. The number of nitrogens with zero attached hydrogens (tertiary/aromatic N) is 4. The van der Waals surface area contributed by atoms with Gasteiger partial charge in [0.2, 0.25) is 0 Å². The van der Waals surface area contributed by atoms with E-state index in [9.17, 15) is 4.79 Å². The molecule has 29 heavy (non-hydrogen) atoms. The van der Waals surface area contributed by atoms with Gasteiger partial charge >= 0.3 is 0 Å². The summed E-state index contributed by atoms with van der Waals surface area (Å²) in [6.07, 6.45) is 11.3. The number of hydrogen-bond acceptors (Lipinski definition) is 4. The fraction of sp³-hybridized carbons (Fsp3) is 0.273. The molecule has 0 bridgehead atoms. The number of nitrogens with one attached hydrogen (secondary N) is 1. The van der Waals surface area contributed by atoms with Crippen molar-refractivity contribution >= 4 is 17.5 Å². The molecular weight excluding hydrogens is 386 g/mol. The van der Waals surface area contributed by atoms with Crippen molar-refractivity contribution in [3.63, 3.8) is 0 Å². The van der Waals surface area contributed by atoms with Gasteiger partial charge in [-0.2, -0.15) is 0 Å². The van der Waals surface area contributed by atoms with E-state index in [2.05, 4.69) is 26.7 Å². The van der Waals surface area contributed by atoms with Crippen LogP contribution in [0.25, 0.3) is 16.9 Å². The predicted octanol–water partition coefficient (Wildman–Crippen LogP) is 4.60. The van der Waals surface area contributed by atoms with Gasteiger partial charge in [0.1, 0.15) is 5.69 Å². The molecule has 1 aromatic carbocycles. The van der Waals surface area contributed by atoms with E-state index in [1.165, 1.54) is 18.4 Å². The Morgan fingerprint density at radius 3 is 2.83 bits per heavy atom. The van der Waals surface area contributed by atoms with Gasteiger partial charge in [-0.05, 0) is 56.4 Å². The summed E-state index contributed by atoms with van der Waals surface area (Å²) in [4.78, 5) is 17.1. The highest BCUT2D eigenvalue weighted by Gasteiger charge is 2.23. The van der Waals surface area contributed by atoms with Crippen LogP contribution in [-0.4, -0.2) is 32.4 Å². The molecule has 0 aliphatic heterocycles. The molecule has 0 radical (unpaired) electrons. The maximum Gasteiger partial charge on any atom is 0.274 e. The summed E-state index contributed by atoms with van der Waals surface area (Å²) in [5.41, 5.74) is 3.66. The molecule has 0 saturated heterocycles. The summed E-state index contributed by atoms with van der Waals surface area (Å²) in [5, 5.41) is 11.9. The van der Waals surface area contributed by atoms with Crippen LogP contribution in [0.3, 0.4) is 0 Å². The first-order chi connectivity index (χ1) is 14.2. The van der Waals surface area contributed by atoms with Crippen molar-refractivity contribution in [3.8, 4) is 16.9 Å². The summed E-state index contributed by atoms with van der Waals surface area (Å²) < 4.78 is 1.60. The third-order valence-corrected chi connectivity index (χ3v) is 5.34. The summed E-state index contributed by atoms with van der Waals surface area (Å²) in [6, 6.07) is 11.0. The minimum absolute atomic E-state index is 0.251. The number of allylic oxidation sites excluding steroid dienone is 1. The average Bonchev–Trinajstić information content (AvgIpc) is 3.20. The largest absolute Gasteiger partial charge is 0.350 e. The molecule has 0 unspecified atom stereocenters. The van der Waals surface area contributed by atoms with Crippen molar-refractivity contribution < 1.29 is 4.79 Å². The van der Waals surface area contributed by atoms with Gasteiger partial charge in [0.25, 0.3) is 5.91 Å². The normalized spacial score (nSPS) is 13.8. The zero-order valence-corrected chi connectivity index (χ0v) is 16.8. The van der Waals surface area contributed by atoms with Crippen LogP contribution in [0, 0.1) is 0 Å². The van der Waals surface area contributed by atoms with E-state index in [0.717, 1.165) is 24.8 Å². The van der Waals surface area contributed by atoms with E-state index in [4.69, 9.17) is 11.6 Å². The highest BCUT2D eigenvalue weighted by Crippen LogP contribution is 2.28. The standard InChI is InChI=1S/C22H22ClN5O/c23-18-10-4-5-11-19(18)28-21(17-9-6-13-24-15-17)20(26-27-28)22(29)25-14-12-16-7-2-1-3-8-16/h4-7,9-11,13,15H,1-3,8,12,14H2,(H,25,29). The van der Waals surface area contributed by atoms with Gasteiger partial charge < -0.3 is 5.32 Å². The molecule has 2 heterocycles. The summed E-state index contributed by atoms with van der Waals surface area (Å²) in [5.74, 6) is -0.251. The highest BCUT2D eigenvalue weighted by molar-refractivity contribution is 6.32. The molecule has 2 aromatic heterocycles. The molecule has 3 aromatic rings. The van der Waals surface area contributed by atoms with Crippen LogP contribution in [0.15, 0.2) is 60.4 Å². The van der Waals surface area contributed by atoms with Gasteiger partial charge in [-0.15, -0.1) is 5.10 Å². The van der Waals surface area contributed by atoms with Gasteiger partial charge in [-0.1, -0.05) is 40.6 Å². The Bertz CT molecular complexity index is 1030. The van der Waals surface area contributed by atoms with Gasteiger partial charge in [0.05, 0.1) is 10.7 Å². The van der Waals surface area contributed by atoms with E-state index in [1.54, 1.807) is 23.1 Å². The van der Waals surface area contributed by atoms with Crippen LogP contribution >= 0.6 is 11.6 Å². The molecule has 4 rings (SSSR count). The predicted molar refractivity (Wildman–Crippen MR) is 113 cm³/mol. The second kappa shape index (κ2) is 9.01. The Balaban J connectivity index is 1.62. The molecule has 1 N–H and O–H groups in total. The first-order valence-electron chi connectivity index (χ1n) is 9.81. The van der Waals surface area contributed by atoms with Crippen molar-refractivity contribution in [1.29, 1.82) is 0 Å². The molecule has 0 spiro atoms. The summed E-state index contributed by atoms with van der Waals surface area (Å²) in [6.45, 7) is 0.579. The SMILES string of the molecule is O=C(NCCC1=CCCCC1)c1nnn(-c2ccccc2Cl)c1-c1cccnc1. The molecule has 0 saturated carbocycles. The number of pyridine rings is 1. The van der Waals surface area contributed by atoms with Crippen LogP contribution in [0.1, 0.15) is 42.6 Å². The lowest BCUT2D eigenvalue weighted by atomic mass is 9.97. The summed E-state index contributed by atoms with van der Waals surface area (Å²) in [7, 11) is 0. The molecule has 7 heteroatoms. The topological polar surface area (TPSA) is 72.7 Å². The van der Waals surface area contributed by atoms with Crippen LogP contribution in [0.5, 0.6) is 0 Å². The quantitative estimate of drug-likeness (QED) is 0.606. The second-order valence-corrected chi connectivity index (χ2v) is 7.41. The molecule has 6 nitrogen and oxygen atoms in total. The first kappa shape index (κ1) is 19.3. The fourth-order valence-corrected chi connectivity index (χ4v) is 3.76. The van der Waals surface area contributed by atoms with Crippen LogP contribution < -0.4 is 5.32 Å². The van der Waals surface area contributed by atoms with Crippen LogP contribution in [0.4, 0.5) is 0 Å². The third-order valence-electron chi connectivity index (χ3n) is 5.02. The van der Waals surface area contributed by atoms with Gasteiger partial charge in [0, 0.05) is 24.5 Å². The van der Waals surface area contributed by atoms with Crippen molar-refractivity contribution in [2.75, 3.05) is 6.54 Å². The number of amides is 1. The zero-order chi connectivity index (χ0) is 20.1.